The van der Waals surface area contributed by atoms with E-state index in [1.807, 2.05) is 4.90 Å². The molecule has 1 aromatic carbocycles. The largest absolute Gasteiger partial charge is 0.389 e. The number of likely N-dealkylation sites (tertiary alicyclic amines) is 1. The highest BCUT2D eigenvalue weighted by atomic mass is 19.1. The van der Waals surface area contributed by atoms with Gasteiger partial charge < -0.3 is 30.9 Å². The molecule has 0 spiro atoms. The number of amides is 3. The zero-order valence-electron chi connectivity index (χ0n) is 15.8. The normalized spacial score (nSPS) is 32.7. The van der Waals surface area contributed by atoms with Gasteiger partial charge in [-0.15, -0.1) is 0 Å². The highest BCUT2D eigenvalue weighted by Gasteiger charge is 2.53. The van der Waals surface area contributed by atoms with Crippen molar-refractivity contribution < 1.29 is 28.6 Å². The Labute approximate surface area is 167 Å². The molecule has 3 amide bonds. The zero-order valence-corrected chi connectivity index (χ0v) is 15.8. The summed E-state index contributed by atoms with van der Waals surface area (Å²) in [5.41, 5.74) is 5.83. The van der Waals surface area contributed by atoms with Gasteiger partial charge in [0.1, 0.15) is 11.9 Å². The van der Waals surface area contributed by atoms with Crippen LogP contribution in [-0.4, -0.2) is 72.2 Å². The minimum atomic E-state index is -0.912. The van der Waals surface area contributed by atoms with Crippen molar-refractivity contribution >= 4 is 17.6 Å². The van der Waals surface area contributed by atoms with Crippen molar-refractivity contribution in [1.82, 2.24) is 10.2 Å². The van der Waals surface area contributed by atoms with Gasteiger partial charge in [-0.2, -0.15) is 0 Å². The second-order valence-electron chi connectivity index (χ2n) is 7.70. The van der Waals surface area contributed by atoms with Crippen molar-refractivity contribution in [3.8, 4) is 0 Å². The molecular formula is C19H25FN4O5. The van der Waals surface area contributed by atoms with Crippen LogP contribution in [0.4, 0.5) is 14.9 Å². The first-order chi connectivity index (χ1) is 13.9. The van der Waals surface area contributed by atoms with Crippen LogP contribution in [0.25, 0.3) is 0 Å². The number of aliphatic hydroxyl groups excluding tert-OH is 1. The maximum Gasteiger partial charge on any atom is 0.319 e. The summed E-state index contributed by atoms with van der Waals surface area (Å²) in [6.45, 7) is 1.42. The van der Waals surface area contributed by atoms with E-state index in [9.17, 15) is 19.1 Å². The Kier molecular flexibility index (Phi) is 5.68. The fraction of sp³-hybridized carbons (Fsp3) is 0.579. The Morgan fingerprint density at radius 2 is 1.90 bits per heavy atom. The van der Waals surface area contributed by atoms with Gasteiger partial charge in [-0.1, -0.05) is 0 Å². The maximum atomic E-state index is 13.0. The lowest BCUT2D eigenvalue weighted by Gasteiger charge is -2.45. The molecule has 1 aromatic rings. The lowest BCUT2D eigenvalue weighted by Crippen LogP contribution is -2.66. The predicted octanol–water partition coefficient (Wildman–Crippen LogP) is -0.00230. The average Bonchev–Trinajstić information content (AvgIpc) is 3.13. The lowest BCUT2D eigenvalue weighted by molar-refractivity contribution is -0.184. The molecule has 0 saturated carbocycles. The number of nitrogens with two attached hydrogens (primary N) is 1. The minimum Gasteiger partial charge on any atom is -0.389 e. The Bertz CT molecular complexity index is 755. The molecular weight excluding hydrogens is 383 g/mol. The van der Waals surface area contributed by atoms with Crippen molar-refractivity contribution in [2.45, 2.75) is 43.4 Å². The van der Waals surface area contributed by atoms with Crippen LogP contribution in [0.2, 0.25) is 0 Å². The molecule has 5 N–H and O–H groups in total. The van der Waals surface area contributed by atoms with Gasteiger partial charge in [0.25, 0.3) is 0 Å². The number of ether oxygens (including phenoxy) is 2. The highest BCUT2D eigenvalue weighted by molar-refractivity contribution is 5.89. The number of halogens is 1. The summed E-state index contributed by atoms with van der Waals surface area (Å²) in [5.74, 6) is -0.871. The number of benzene rings is 1. The fourth-order valence-electron chi connectivity index (χ4n) is 4.30. The first-order valence-electron chi connectivity index (χ1n) is 9.74. The Hall–Kier alpha value is -2.27. The number of piperidine rings is 1. The molecule has 0 aromatic heterocycles. The van der Waals surface area contributed by atoms with Gasteiger partial charge >= 0.3 is 6.03 Å². The average molecular weight is 408 g/mol. The van der Waals surface area contributed by atoms with Gasteiger partial charge in [-0.3, -0.25) is 9.69 Å². The standard InChI is InChI=1S/C19H25FN4O5/c20-11-1-3-12(4-2-11)22-19(27)23-14-13-9-28-18(29-13)15(16(14)25)24-7-5-10(6-8-24)17(21)26/h1-4,10,13-16,18,25H,5-9H2,(H2,21,26)(H2,22,23,27). The van der Waals surface area contributed by atoms with Gasteiger partial charge in [0, 0.05) is 11.6 Å². The summed E-state index contributed by atoms with van der Waals surface area (Å²) in [7, 11) is 0. The van der Waals surface area contributed by atoms with Crippen LogP contribution in [-0.2, 0) is 14.3 Å². The number of rotatable bonds is 4. The third kappa shape index (κ3) is 4.20. The van der Waals surface area contributed by atoms with Crippen LogP contribution in [0.1, 0.15) is 12.8 Å². The summed E-state index contributed by atoms with van der Waals surface area (Å²) in [5, 5.41) is 16.4. The number of primary amides is 1. The van der Waals surface area contributed by atoms with Gasteiger partial charge in [0.15, 0.2) is 6.29 Å². The van der Waals surface area contributed by atoms with Crippen molar-refractivity contribution in [1.29, 1.82) is 0 Å². The van der Waals surface area contributed by atoms with E-state index < -0.39 is 42.4 Å². The number of anilines is 1. The molecule has 29 heavy (non-hydrogen) atoms. The third-order valence-electron chi connectivity index (χ3n) is 5.88. The number of nitrogens with one attached hydrogen (secondary N) is 2. The van der Waals surface area contributed by atoms with E-state index in [1.54, 1.807) is 0 Å². The molecule has 5 unspecified atom stereocenters. The molecule has 3 aliphatic rings. The first kappa shape index (κ1) is 20.0. The van der Waals surface area contributed by atoms with Crippen molar-refractivity contribution in [2.24, 2.45) is 11.7 Å². The lowest BCUT2D eigenvalue weighted by atomic mass is 9.90. The number of fused-ring (bicyclic) bond motifs is 2. The van der Waals surface area contributed by atoms with Crippen LogP contribution in [0.15, 0.2) is 24.3 Å². The van der Waals surface area contributed by atoms with Crippen LogP contribution >= 0.6 is 0 Å². The van der Waals surface area contributed by atoms with Crippen molar-refractivity contribution in [3.05, 3.63) is 30.1 Å². The summed E-state index contributed by atoms with van der Waals surface area (Å²) in [4.78, 5) is 25.8. The predicted molar refractivity (Wildman–Crippen MR) is 100 cm³/mol. The number of carbonyl (C=O) groups excluding carboxylic acids is 2. The number of hydrogen-bond acceptors (Lipinski definition) is 6. The summed E-state index contributed by atoms with van der Waals surface area (Å²) < 4.78 is 24.6. The van der Waals surface area contributed by atoms with E-state index in [-0.39, 0.29) is 18.4 Å². The number of aliphatic hydroxyl groups is 1. The molecule has 3 saturated heterocycles. The van der Waals surface area contributed by atoms with E-state index in [4.69, 9.17) is 15.2 Å². The molecule has 3 aliphatic heterocycles. The molecule has 0 radical (unpaired) electrons. The molecule has 9 nitrogen and oxygen atoms in total. The Morgan fingerprint density at radius 1 is 1.21 bits per heavy atom. The zero-order chi connectivity index (χ0) is 20.5. The SMILES string of the molecule is NC(=O)C1CCN(C2C3OCC(O3)C(NC(=O)Nc3ccc(F)cc3)C2O)CC1. The second kappa shape index (κ2) is 8.23. The summed E-state index contributed by atoms with van der Waals surface area (Å²) in [6.07, 6.45) is -0.743. The third-order valence-corrected chi connectivity index (χ3v) is 5.88. The first-order valence-corrected chi connectivity index (χ1v) is 9.74. The van der Waals surface area contributed by atoms with Crippen LogP contribution in [0.3, 0.4) is 0 Å². The van der Waals surface area contributed by atoms with Crippen molar-refractivity contribution in [2.75, 3.05) is 25.0 Å². The summed E-state index contributed by atoms with van der Waals surface area (Å²) in [6, 6.07) is 3.73. The number of hydrogen-bond donors (Lipinski definition) is 4. The molecule has 4 rings (SSSR count). The van der Waals surface area contributed by atoms with Crippen LogP contribution < -0.4 is 16.4 Å². The summed E-state index contributed by atoms with van der Waals surface area (Å²) >= 11 is 0. The number of urea groups is 1. The molecule has 158 valence electrons. The van der Waals surface area contributed by atoms with Crippen molar-refractivity contribution in [3.63, 3.8) is 0 Å². The molecule has 10 heteroatoms. The monoisotopic (exact) mass is 408 g/mol. The van der Waals surface area contributed by atoms with E-state index in [2.05, 4.69) is 10.6 Å². The number of nitrogens with zero attached hydrogens (tertiary/aromatic N) is 1. The van der Waals surface area contributed by atoms with Gasteiger partial charge in [-0.25, -0.2) is 9.18 Å². The van der Waals surface area contributed by atoms with Gasteiger partial charge in [0.2, 0.25) is 5.91 Å². The molecule has 0 aliphatic carbocycles. The van der Waals surface area contributed by atoms with E-state index in [1.165, 1.54) is 24.3 Å². The quantitative estimate of drug-likeness (QED) is 0.556. The Morgan fingerprint density at radius 3 is 2.55 bits per heavy atom. The van der Waals surface area contributed by atoms with Gasteiger partial charge in [-0.05, 0) is 50.2 Å². The van der Waals surface area contributed by atoms with E-state index >= 15 is 0 Å². The topological polar surface area (TPSA) is 126 Å². The second-order valence-corrected chi connectivity index (χ2v) is 7.70. The minimum absolute atomic E-state index is 0.166. The number of carbonyl (C=O) groups is 2. The molecule has 3 fully saturated rings. The van der Waals surface area contributed by atoms with Crippen LogP contribution in [0.5, 0.6) is 0 Å². The van der Waals surface area contributed by atoms with Gasteiger partial charge in [0.05, 0.1) is 24.8 Å². The molecule has 3 heterocycles. The maximum absolute atomic E-state index is 13.0. The fourth-order valence-corrected chi connectivity index (χ4v) is 4.30. The highest BCUT2D eigenvalue weighted by Crippen LogP contribution is 2.33. The van der Waals surface area contributed by atoms with Crippen LogP contribution in [0, 0.1) is 11.7 Å². The van der Waals surface area contributed by atoms with E-state index in [0.717, 1.165) is 0 Å². The molecule has 5 atom stereocenters. The van der Waals surface area contributed by atoms with E-state index in [0.29, 0.717) is 31.6 Å². The Balaban J connectivity index is 1.40. The smallest absolute Gasteiger partial charge is 0.319 e. The molecule has 2 bridgehead atoms.